The lowest BCUT2D eigenvalue weighted by Gasteiger charge is -2.13. The number of nitrogens with zero attached hydrogens (tertiary/aromatic N) is 5. The number of hydrogen-bond donors (Lipinski definition) is 0. The van der Waals surface area contributed by atoms with Gasteiger partial charge < -0.3 is 4.42 Å². The van der Waals surface area contributed by atoms with Crippen LogP contribution in [0.2, 0.25) is 0 Å². The van der Waals surface area contributed by atoms with Crippen molar-refractivity contribution in [1.29, 1.82) is 0 Å². The molecule has 10 rings (SSSR count). The molecule has 10 aromatic rings. The lowest BCUT2D eigenvalue weighted by atomic mass is 9.99. The molecule has 0 unspecified atom stereocenters. The van der Waals surface area contributed by atoms with Gasteiger partial charge in [-0.3, -0.25) is 4.79 Å². The summed E-state index contributed by atoms with van der Waals surface area (Å²) in [6.45, 7) is 0. The molecule has 0 atom stereocenters. The minimum Gasteiger partial charge on any atom is -0.454 e. The number of aromatic nitrogens is 5. The van der Waals surface area contributed by atoms with Crippen LogP contribution in [0.1, 0.15) is 0 Å². The maximum absolute atomic E-state index is 14.3. The number of hydrogen-bond acceptors (Lipinski definition) is 7. The normalized spacial score (nSPS) is 11.2. The maximum atomic E-state index is 14.3. The molecule has 7 heteroatoms. The van der Waals surface area contributed by atoms with Gasteiger partial charge in [-0.05, 0) is 35.9 Å². The molecule has 268 valence electrons. The summed E-state index contributed by atoms with van der Waals surface area (Å²) in [6.07, 6.45) is 0. The van der Waals surface area contributed by atoms with Crippen LogP contribution in [0.25, 0.3) is 101 Å². The van der Waals surface area contributed by atoms with E-state index in [9.17, 15) is 4.79 Å². The van der Waals surface area contributed by atoms with Crippen LogP contribution in [0.3, 0.4) is 0 Å². The second-order valence-electron chi connectivity index (χ2n) is 13.6. The summed E-state index contributed by atoms with van der Waals surface area (Å²) in [7, 11) is 0. The summed E-state index contributed by atoms with van der Waals surface area (Å²) in [6, 6.07) is 61.0. The Hall–Kier alpha value is -7.90. The number of benzene rings is 7. The molecule has 0 aliphatic rings. The molecule has 0 N–H and O–H groups in total. The van der Waals surface area contributed by atoms with E-state index in [2.05, 4.69) is 0 Å². The average Bonchev–Trinajstić information content (AvgIpc) is 3.30. The van der Waals surface area contributed by atoms with Gasteiger partial charge in [0, 0.05) is 38.9 Å². The third kappa shape index (κ3) is 6.43. The summed E-state index contributed by atoms with van der Waals surface area (Å²) < 4.78 is 6.89. The lowest BCUT2D eigenvalue weighted by Crippen LogP contribution is -2.04. The van der Waals surface area contributed by atoms with Crippen LogP contribution in [0.4, 0.5) is 0 Å². The fraction of sp³-hybridized carbons (Fsp3) is 0. The highest BCUT2D eigenvalue weighted by atomic mass is 16.3. The fourth-order valence-electron chi connectivity index (χ4n) is 7.15. The standard InChI is InChI=1S/C50H31N5O2/c56-44-40-28-14-26-38(36-24-13-25-37(30-36)50-54-48(34-20-9-3-10-21-34)53-49(55-50)35-22-11-4-12-23-35)45(40)57-46-39(27-15-29-41(44)46)43-31-42(32-16-5-1-6-17-32)51-47(52-43)33-18-7-2-8-19-33/h1-31H. The molecule has 7 nitrogen and oxygen atoms in total. The van der Waals surface area contributed by atoms with Crippen LogP contribution in [0.15, 0.2) is 197 Å². The van der Waals surface area contributed by atoms with Crippen LogP contribution in [0.5, 0.6) is 0 Å². The van der Waals surface area contributed by atoms with E-state index in [-0.39, 0.29) is 5.43 Å². The zero-order chi connectivity index (χ0) is 38.1. The topological polar surface area (TPSA) is 94.7 Å². The Labute approximate surface area is 327 Å². The summed E-state index contributed by atoms with van der Waals surface area (Å²) in [5.41, 5.74) is 8.95. The van der Waals surface area contributed by atoms with Crippen molar-refractivity contribution in [3.05, 3.63) is 198 Å². The first-order valence-electron chi connectivity index (χ1n) is 18.6. The first-order valence-corrected chi connectivity index (χ1v) is 18.6. The highest BCUT2D eigenvalue weighted by Gasteiger charge is 2.19. The molecule has 0 saturated heterocycles. The summed E-state index contributed by atoms with van der Waals surface area (Å²) >= 11 is 0. The van der Waals surface area contributed by atoms with Gasteiger partial charge in [-0.1, -0.05) is 158 Å². The molecule has 0 aliphatic heterocycles. The molecule has 0 spiro atoms. The number of rotatable bonds is 7. The van der Waals surface area contributed by atoms with Gasteiger partial charge in [0.1, 0.15) is 11.2 Å². The highest BCUT2D eigenvalue weighted by molar-refractivity contribution is 6.01. The third-order valence-corrected chi connectivity index (χ3v) is 9.96. The number of fused-ring (bicyclic) bond motifs is 2. The van der Waals surface area contributed by atoms with Crippen LogP contribution in [-0.4, -0.2) is 24.9 Å². The van der Waals surface area contributed by atoms with Crippen molar-refractivity contribution < 1.29 is 4.42 Å². The molecule has 7 aromatic carbocycles. The van der Waals surface area contributed by atoms with Crippen LogP contribution in [-0.2, 0) is 0 Å². The van der Waals surface area contributed by atoms with E-state index in [4.69, 9.17) is 29.3 Å². The molecule has 3 aromatic heterocycles. The Bertz CT molecular complexity index is 3020. The van der Waals surface area contributed by atoms with Gasteiger partial charge >= 0.3 is 0 Å². The summed E-state index contributed by atoms with van der Waals surface area (Å²) in [5.74, 6) is 2.27. The van der Waals surface area contributed by atoms with Gasteiger partial charge in [0.15, 0.2) is 23.3 Å². The Morgan fingerprint density at radius 3 is 1.28 bits per heavy atom. The van der Waals surface area contributed by atoms with Crippen LogP contribution >= 0.6 is 0 Å². The lowest BCUT2D eigenvalue weighted by molar-refractivity contribution is 0.662. The molecule has 0 fully saturated rings. The molecule has 0 aliphatic carbocycles. The van der Waals surface area contributed by atoms with Crippen molar-refractivity contribution in [3.63, 3.8) is 0 Å². The maximum Gasteiger partial charge on any atom is 0.200 e. The Balaban J connectivity index is 1.14. The van der Waals surface area contributed by atoms with E-state index >= 15 is 0 Å². The minimum atomic E-state index is -0.121. The zero-order valence-corrected chi connectivity index (χ0v) is 30.5. The molecule has 0 radical (unpaired) electrons. The predicted molar refractivity (Wildman–Crippen MR) is 227 cm³/mol. The summed E-state index contributed by atoms with van der Waals surface area (Å²) in [5, 5.41) is 0.956. The second kappa shape index (κ2) is 14.4. The highest BCUT2D eigenvalue weighted by Crippen LogP contribution is 2.36. The first-order chi connectivity index (χ1) is 28.2. The Morgan fingerprint density at radius 1 is 0.316 bits per heavy atom. The van der Waals surface area contributed by atoms with Gasteiger partial charge in [0.2, 0.25) is 5.43 Å². The number of para-hydroxylation sites is 2. The fourth-order valence-corrected chi connectivity index (χ4v) is 7.15. The first kappa shape index (κ1) is 33.7. The minimum absolute atomic E-state index is 0.121. The third-order valence-electron chi connectivity index (χ3n) is 9.96. The quantitative estimate of drug-likeness (QED) is 0.150. The van der Waals surface area contributed by atoms with Crippen molar-refractivity contribution >= 4 is 21.9 Å². The molecule has 3 heterocycles. The molecule has 0 saturated carbocycles. The van der Waals surface area contributed by atoms with E-state index in [0.717, 1.165) is 44.6 Å². The Morgan fingerprint density at radius 2 is 0.719 bits per heavy atom. The smallest absolute Gasteiger partial charge is 0.200 e. The van der Waals surface area contributed by atoms with E-state index in [1.165, 1.54) is 0 Å². The largest absolute Gasteiger partial charge is 0.454 e. The summed E-state index contributed by atoms with van der Waals surface area (Å²) in [4.78, 5) is 39.1. The Kier molecular flexibility index (Phi) is 8.50. The van der Waals surface area contributed by atoms with Gasteiger partial charge in [-0.25, -0.2) is 24.9 Å². The van der Waals surface area contributed by atoms with E-state index in [1.807, 2.05) is 188 Å². The van der Waals surface area contributed by atoms with Crippen molar-refractivity contribution in [1.82, 2.24) is 24.9 Å². The zero-order valence-electron chi connectivity index (χ0n) is 30.5. The van der Waals surface area contributed by atoms with Crippen LogP contribution < -0.4 is 5.43 Å². The van der Waals surface area contributed by atoms with E-state index < -0.39 is 0 Å². The SMILES string of the molecule is O=c1c2cccc(-c3cccc(-c4nc(-c5ccccc5)nc(-c5ccccc5)n4)c3)c2oc2c(-c3cc(-c4ccccc4)nc(-c4ccccc4)n3)cccc12. The average molecular weight is 734 g/mol. The van der Waals surface area contributed by atoms with Crippen LogP contribution in [0, 0.1) is 0 Å². The van der Waals surface area contributed by atoms with E-state index in [0.29, 0.717) is 56.5 Å². The van der Waals surface area contributed by atoms with Gasteiger partial charge in [-0.2, -0.15) is 0 Å². The van der Waals surface area contributed by atoms with Gasteiger partial charge in [0.05, 0.1) is 22.2 Å². The second-order valence-corrected chi connectivity index (χ2v) is 13.6. The van der Waals surface area contributed by atoms with E-state index in [1.54, 1.807) is 0 Å². The van der Waals surface area contributed by atoms with Crippen molar-refractivity contribution in [2.75, 3.05) is 0 Å². The van der Waals surface area contributed by atoms with Crippen molar-refractivity contribution in [2.45, 2.75) is 0 Å². The predicted octanol–water partition coefficient (Wildman–Crippen LogP) is 11.6. The molecular formula is C50H31N5O2. The van der Waals surface area contributed by atoms with Gasteiger partial charge in [0.25, 0.3) is 0 Å². The van der Waals surface area contributed by atoms with Gasteiger partial charge in [-0.15, -0.1) is 0 Å². The van der Waals surface area contributed by atoms with Crippen molar-refractivity contribution in [2.24, 2.45) is 0 Å². The molecule has 57 heavy (non-hydrogen) atoms. The monoisotopic (exact) mass is 733 g/mol. The molecule has 0 amide bonds. The van der Waals surface area contributed by atoms with Crippen molar-refractivity contribution in [3.8, 4) is 79.2 Å². The molecule has 0 bridgehead atoms. The molecular weight excluding hydrogens is 703 g/mol.